The van der Waals surface area contributed by atoms with Gasteiger partial charge in [-0.25, -0.2) is 0 Å². The highest BCUT2D eigenvalue weighted by Crippen LogP contribution is 2.38. The van der Waals surface area contributed by atoms with Gasteiger partial charge in [0.15, 0.2) is 0 Å². The molecule has 0 amide bonds. The van der Waals surface area contributed by atoms with Gasteiger partial charge in [0.05, 0.1) is 9.95 Å². The number of hydrogen-bond acceptors (Lipinski definition) is 5. The van der Waals surface area contributed by atoms with Crippen molar-refractivity contribution in [2.75, 3.05) is 0 Å². The second kappa shape index (κ2) is 6.03. The summed E-state index contributed by atoms with van der Waals surface area (Å²) in [5.41, 5.74) is 0.267. The van der Waals surface area contributed by atoms with Crippen molar-refractivity contribution in [2.24, 2.45) is 4.99 Å². The lowest BCUT2D eigenvalue weighted by molar-refractivity contribution is -0.398. The Hall–Kier alpha value is -2.60. The summed E-state index contributed by atoms with van der Waals surface area (Å²) in [6.45, 7) is 3.02. The number of nitrogens with zero attached hydrogens (tertiary/aromatic N) is 2. The minimum Gasteiger partial charge on any atom is -0.867 e. The summed E-state index contributed by atoms with van der Waals surface area (Å²) in [6, 6.07) is 6.30. The lowest BCUT2D eigenvalue weighted by atomic mass is 10.0. The van der Waals surface area contributed by atoms with E-state index < -0.39 is 16.4 Å². The van der Waals surface area contributed by atoms with Gasteiger partial charge in [0.1, 0.15) is 11.4 Å². The highest BCUT2D eigenvalue weighted by atomic mass is 35.5. The highest BCUT2D eigenvalue weighted by Gasteiger charge is 2.20. The van der Waals surface area contributed by atoms with E-state index in [1.54, 1.807) is 25.1 Å². The van der Waals surface area contributed by atoms with Crippen LogP contribution in [-0.4, -0.2) is 16.2 Å². The molecule has 0 bridgehead atoms. The third-order valence-electron chi connectivity index (χ3n) is 3.27. The normalized spacial score (nSPS) is 11.0. The predicted octanol–water partition coefficient (Wildman–Crippen LogP) is 3.39. The molecule has 0 aliphatic heterocycles. The number of rotatable bonds is 3. The van der Waals surface area contributed by atoms with Crippen LogP contribution in [-0.2, 0) is 0 Å². The summed E-state index contributed by atoms with van der Waals surface area (Å²) in [6.07, 6.45) is 1.19. The van der Waals surface area contributed by atoms with Crippen LogP contribution in [0.3, 0.4) is 0 Å². The monoisotopic (exact) mass is 319 g/mol. The molecular weight excluding hydrogens is 308 g/mol. The van der Waals surface area contributed by atoms with Gasteiger partial charge < -0.3 is 10.2 Å². The molecule has 2 aromatic carbocycles. The standard InChI is InChI=1S/C15H13ClN2O4/c1-8-10(7-17-11-5-3-4-6-12(11)19)15(20)14(18(21)22)9(2)13(8)16/h3-7,19-20H,1-2H3/p-1. The summed E-state index contributed by atoms with van der Waals surface area (Å²) in [4.78, 5) is 14.3. The molecule has 6 nitrogen and oxygen atoms in total. The average molecular weight is 320 g/mol. The first-order valence-corrected chi connectivity index (χ1v) is 6.68. The lowest BCUT2D eigenvalue weighted by Crippen LogP contribution is -2.07. The largest absolute Gasteiger partial charge is 0.867 e. The molecule has 0 aliphatic rings. The topological polar surface area (TPSA) is 98.8 Å². The lowest BCUT2D eigenvalue weighted by Gasteiger charge is -2.17. The van der Waals surface area contributed by atoms with E-state index in [0.717, 1.165) is 0 Å². The summed E-state index contributed by atoms with van der Waals surface area (Å²) in [5, 5.41) is 33.1. The number of aliphatic imine (C=N–C) groups is 1. The molecule has 2 aromatic rings. The van der Waals surface area contributed by atoms with E-state index in [1.807, 2.05) is 0 Å². The maximum absolute atomic E-state index is 12.3. The van der Waals surface area contributed by atoms with Gasteiger partial charge in [0.25, 0.3) is 5.69 Å². The van der Waals surface area contributed by atoms with Gasteiger partial charge >= 0.3 is 0 Å². The zero-order valence-corrected chi connectivity index (χ0v) is 12.6. The van der Waals surface area contributed by atoms with Crippen molar-refractivity contribution in [2.45, 2.75) is 13.8 Å². The second-order valence-corrected chi connectivity index (χ2v) is 5.04. The number of benzene rings is 2. The number of aromatic hydroxyl groups is 1. The van der Waals surface area contributed by atoms with Crippen LogP contribution in [0.4, 0.5) is 11.4 Å². The van der Waals surface area contributed by atoms with E-state index in [4.69, 9.17) is 11.6 Å². The van der Waals surface area contributed by atoms with Gasteiger partial charge in [0, 0.05) is 11.8 Å². The van der Waals surface area contributed by atoms with Crippen LogP contribution in [0.5, 0.6) is 11.5 Å². The zero-order valence-electron chi connectivity index (χ0n) is 11.8. The summed E-state index contributed by atoms with van der Waals surface area (Å²) in [7, 11) is 0. The molecule has 0 aliphatic carbocycles. The fourth-order valence-electron chi connectivity index (χ4n) is 2.05. The van der Waals surface area contributed by atoms with Gasteiger partial charge in [-0.1, -0.05) is 23.7 Å². The zero-order chi connectivity index (χ0) is 16.4. The molecular formula is C15H12ClN2O4-. The second-order valence-electron chi connectivity index (χ2n) is 4.66. The van der Waals surface area contributed by atoms with E-state index in [0.29, 0.717) is 5.56 Å². The van der Waals surface area contributed by atoms with Crippen molar-refractivity contribution in [1.29, 1.82) is 0 Å². The molecule has 114 valence electrons. The summed E-state index contributed by atoms with van der Waals surface area (Å²) in [5.74, 6) is -0.805. The molecule has 0 atom stereocenters. The molecule has 0 unspecified atom stereocenters. The Kier molecular flexibility index (Phi) is 4.32. The van der Waals surface area contributed by atoms with E-state index in [1.165, 1.54) is 19.2 Å². The average Bonchev–Trinajstić information content (AvgIpc) is 2.46. The third-order valence-corrected chi connectivity index (χ3v) is 3.84. The molecule has 0 fully saturated rings. The van der Waals surface area contributed by atoms with E-state index >= 15 is 0 Å². The Morgan fingerprint density at radius 3 is 2.50 bits per heavy atom. The van der Waals surface area contributed by atoms with E-state index in [-0.39, 0.29) is 27.6 Å². The van der Waals surface area contributed by atoms with Crippen LogP contribution < -0.4 is 5.11 Å². The van der Waals surface area contributed by atoms with Crippen LogP contribution in [0.1, 0.15) is 16.7 Å². The molecule has 0 radical (unpaired) electrons. The molecule has 7 heteroatoms. The molecule has 0 spiro atoms. The Balaban J connectivity index is 2.61. The van der Waals surface area contributed by atoms with Crippen LogP contribution in [0.2, 0.25) is 5.02 Å². The van der Waals surface area contributed by atoms with Gasteiger partial charge in [-0.15, -0.1) is 0 Å². The Labute approximate surface area is 131 Å². The SMILES string of the molecule is Cc1c(Cl)c(C)c([N+](=O)[O-])c([O-])c1C=Nc1ccccc1O. The summed E-state index contributed by atoms with van der Waals surface area (Å²) < 4.78 is 0. The number of phenolic OH excluding ortho intramolecular Hbond substituents is 1. The van der Waals surface area contributed by atoms with Crippen LogP contribution in [0.15, 0.2) is 29.3 Å². The fourth-order valence-corrected chi connectivity index (χ4v) is 2.25. The minimum atomic E-state index is -0.750. The number of nitro benzene ring substituents is 1. The molecule has 22 heavy (non-hydrogen) atoms. The Morgan fingerprint density at radius 2 is 1.91 bits per heavy atom. The van der Waals surface area contributed by atoms with Crippen LogP contribution in [0, 0.1) is 24.0 Å². The van der Waals surface area contributed by atoms with Crippen molar-refractivity contribution in [3.63, 3.8) is 0 Å². The minimum absolute atomic E-state index is 0.0329. The molecule has 0 saturated carbocycles. The number of halogens is 1. The van der Waals surface area contributed by atoms with Crippen molar-refractivity contribution in [3.8, 4) is 11.5 Å². The first-order chi connectivity index (χ1) is 10.3. The van der Waals surface area contributed by atoms with Crippen molar-refractivity contribution in [3.05, 3.63) is 56.1 Å². The van der Waals surface area contributed by atoms with Crippen LogP contribution in [0.25, 0.3) is 0 Å². The maximum atomic E-state index is 12.3. The first-order valence-electron chi connectivity index (χ1n) is 6.30. The number of para-hydroxylation sites is 2. The summed E-state index contributed by atoms with van der Waals surface area (Å²) >= 11 is 6.06. The number of nitro groups is 1. The Morgan fingerprint density at radius 1 is 1.27 bits per heavy atom. The first kappa shape index (κ1) is 15.8. The molecule has 0 heterocycles. The highest BCUT2D eigenvalue weighted by molar-refractivity contribution is 6.33. The van der Waals surface area contributed by atoms with E-state index in [2.05, 4.69) is 4.99 Å². The molecule has 0 aromatic heterocycles. The van der Waals surface area contributed by atoms with Gasteiger partial charge in [-0.05, 0) is 42.9 Å². The van der Waals surface area contributed by atoms with Crippen molar-refractivity contribution >= 4 is 29.2 Å². The smallest absolute Gasteiger partial charge is 0.266 e. The quantitative estimate of drug-likeness (QED) is 0.532. The van der Waals surface area contributed by atoms with Crippen molar-refractivity contribution in [1.82, 2.24) is 0 Å². The van der Waals surface area contributed by atoms with E-state index in [9.17, 15) is 20.3 Å². The number of phenols is 1. The fraction of sp³-hybridized carbons (Fsp3) is 0.133. The van der Waals surface area contributed by atoms with Crippen LogP contribution >= 0.6 is 11.6 Å². The molecule has 0 saturated heterocycles. The molecule has 2 rings (SSSR count). The Bertz CT molecular complexity index is 788. The third kappa shape index (κ3) is 2.73. The van der Waals surface area contributed by atoms with Gasteiger partial charge in [-0.2, -0.15) is 0 Å². The predicted molar refractivity (Wildman–Crippen MR) is 82.4 cm³/mol. The van der Waals surface area contributed by atoms with Gasteiger partial charge in [0.2, 0.25) is 0 Å². The maximum Gasteiger partial charge on any atom is 0.266 e. The van der Waals surface area contributed by atoms with Gasteiger partial charge in [-0.3, -0.25) is 15.1 Å². The molecule has 1 N–H and O–H groups in total. The number of hydrogen-bond donors (Lipinski definition) is 1. The van der Waals surface area contributed by atoms with Crippen molar-refractivity contribution < 1.29 is 15.1 Å².